The van der Waals surface area contributed by atoms with Gasteiger partial charge in [-0.3, -0.25) is 9.93 Å². The summed E-state index contributed by atoms with van der Waals surface area (Å²) in [6.45, 7) is 8.03. The zero-order chi connectivity index (χ0) is 21.2. The molecular weight excluding hydrogens is 412 g/mol. The maximum atomic E-state index is 12.1. The molecule has 2 aliphatic heterocycles. The van der Waals surface area contributed by atoms with Crippen LogP contribution in [0.25, 0.3) is 0 Å². The highest BCUT2D eigenvalue weighted by atomic mass is 35.5. The second-order valence-electron chi connectivity index (χ2n) is 8.57. The highest BCUT2D eigenvalue weighted by Crippen LogP contribution is 2.40. The molecule has 1 fully saturated rings. The van der Waals surface area contributed by atoms with Gasteiger partial charge in [0.15, 0.2) is 6.29 Å². The van der Waals surface area contributed by atoms with Gasteiger partial charge in [-0.15, -0.1) is 0 Å². The molecule has 2 heterocycles. The fourth-order valence-corrected chi connectivity index (χ4v) is 4.79. The molecule has 1 unspecified atom stereocenters. The van der Waals surface area contributed by atoms with E-state index in [1.54, 1.807) is 6.92 Å². The summed E-state index contributed by atoms with van der Waals surface area (Å²) in [6.07, 6.45) is 2.91. The third-order valence-corrected chi connectivity index (χ3v) is 7.34. The fourth-order valence-electron chi connectivity index (χ4n) is 4.17. The van der Waals surface area contributed by atoms with E-state index in [0.717, 1.165) is 36.0 Å². The second-order valence-corrected chi connectivity index (χ2v) is 10.7. The van der Waals surface area contributed by atoms with Crippen LogP contribution >= 0.6 is 11.6 Å². The first kappa shape index (κ1) is 22.7. The fraction of sp³-hybridized carbons (Fsp3) is 0.667. The highest BCUT2D eigenvalue weighted by Gasteiger charge is 2.33. The number of ether oxygens (including phenoxy) is 2. The van der Waals surface area contributed by atoms with E-state index in [-0.39, 0.29) is 18.1 Å². The summed E-state index contributed by atoms with van der Waals surface area (Å²) in [5, 5.41) is 6.44. The number of hydrogen-bond donors (Lipinski definition) is 1. The Morgan fingerprint density at radius 1 is 1.34 bits per heavy atom. The molecule has 1 saturated heterocycles. The Kier molecular flexibility index (Phi) is 7.38. The van der Waals surface area contributed by atoms with Crippen molar-refractivity contribution in [1.82, 2.24) is 4.90 Å². The molecule has 0 aromatic heterocycles. The SMILES string of the molecule is CC(=O)N1Cc2cc(Cl)cc([C@@H](CCC3OCCCO3)CC(C)(C)S(N)=O)c2C1. The van der Waals surface area contributed by atoms with Gasteiger partial charge in [0, 0.05) is 25.0 Å². The molecule has 2 aliphatic rings. The average molecular weight is 443 g/mol. The lowest BCUT2D eigenvalue weighted by atomic mass is 9.83. The van der Waals surface area contributed by atoms with Crippen molar-refractivity contribution in [2.24, 2.45) is 5.14 Å². The van der Waals surface area contributed by atoms with Gasteiger partial charge >= 0.3 is 0 Å². The van der Waals surface area contributed by atoms with Crippen molar-refractivity contribution in [3.63, 3.8) is 0 Å². The number of halogens is 1. The first-order chi connectivity index (χ1) is 13.7. The molecule has 2 atom stereocenters. The van der Waals surface area contributed by atoms with Gasteiger partial charge in [-0.2, -0.15) is 0 Å². The monoisotopic (exact) mass is 442 g/mol. The molecule has 1 aromatic rings. The maximum Gasteiger partial charge on any atom is 0.220 e. The minimum Gasteiger partial charge on any atom is -0.353 e. The molecule has 6 nitrogen and oxygen atoms in total. The van der Waals surface area contributed by atoms with Crippen LogP contribution in [-0.2, 0) is 38.3 Å². The number of benzene rings is 1. The molecule has 0 spiro atoms. The van der Waals surface area contributed by atoms with Crippen molar-refractivity contribution in [3.05, 3.63) is 33.8 Å². The van der Waals surface area contributed by atoms with Gasteiger partial charge < -0.3 is 14.4 Å². The van der Waals surface area contributed by atoms with Crippen LogP contribution in [0.1, 0.15) is 69.1 Å². The van der Waals surface area contributed by atoms with Gasteiger partial charge in [-0.05, 0) is 74.3 Å². The third kappa shape index (κ3) is 5.58. The lowest BCUT2D eigenvalue weighted by molar-refractivity contribution is -0.182. The van der Waals surface area contributed by atoms with Crippen molar-refractivity contribution in [1.29, 1.82) is 0 Å². The number of nitrogens with two attached hydrogens (primary N) is 1. The van der Waals surface area contributed by atoms with Crippen molar-refractivity contribution >= 4 is 28.5 Å². The molecule has 1 amide bonds. The lowest BCUT2D eigenvalue weighted by Crippen LogP contribution is -2.34. The predicted octanol–water partition coefficient (Wildman–Crippen LogP) is 3.62. The largest absolute Gasteiger partial charge is 0.353 e. The van der Waals surface area contributed by atoms with Crippen LogP contribution < -0.4 is 5.14 Å². The molecule has 0 saturated carbocycles. The van der Waals surface area contributed by atoms with Crippen LogP contribution in [0.4, 0.5) is 0 Å². The topological polar surface area (TPSA) is 81.9 Å². The van der Waals surface area contributed by atoms with E-state index in [1.807, 2.05) is 30.9 Å². The van der Waals surface area contributed by atoms with Crippen LogP contribution in [0.15, 0.2) is 12.1 Å². The van der Waals surface area contributed by atoms with Crippen molar-refractivity contribution in [3.8, 4) is 0 Å². The minimum atomic E-state index is -1.46. The van der Waals surface area contributed by atoms with E-state index in [2.05, 4.69) is 0 Å². The Hall–Kier alpha value is -0.990. The minimum absolute atomic E-state index is 0.0484. The van der Waals surface area contributed by atoms with Crippen LogP contribution in [0.5, 0.6) is 0 Å². The smallest absolute Gasteiger partial charge is 0.220 e. The summed E-state index contributed by atoms with van der Waals surface area (Å²) in [6, 6.07) is 3.94. The van der Waals surface area contributed by atoms with Gasteiger partial charge in [0.1, 0.15) is 0 Å². The third-order valence-electron chi connectivity index (χ3n) is 5.87. The Bertz CT molecular complexity index is 780. The first-order valence-corrected chi connectivity index (χ1v) is 11.7. The zero-order valence-corrected chi connectivity index (χ0v) is 19.0. The van der Waals surface area contributed by atoms with Gasteiger partial charge in [-0.25, -0.2) is 4.21 Å². The normalized spacial score (nSPS) is 19.8. The summed E-state index contributed by atoms with van der Waals surface area (Å²) in [7, 11) is -1.46. The van der Waals surface area contributed by atoms with Gasteiger partial charge in [-0.1, -0.05) is 11.6 Å². The molecule has 0 radical (unpaired) electrons. The molecule has 8 heteroatoms. The number of fused-ring (bicyclic) bond motifs is 1. The molecule has 162 valence electrons. The number of amides is 1. The Morgan fingerprint density at radius 2 is 2.03 bits per heavy atom. The van der Waals surface area contributed by atoms with Crippen LogP contribution in [-0.4, -0.2) is 39.3 Å². The number of hydrogen-bond acceptors (Lipinski definition) is 4. The molecular formula is C21H31ClN2O4S. The van der Waals surface area contributed by atoms with Crippen molar-refractivity contribution < 1.29 is 18.5 Å². The van der Waals surface area contributed by atoms with E-state index in [4.69, 9.17) is 26.2 Å². The van der Waals surface area contributed by atoms with Crippen LogP contribution in [0.2, 0.25) is 5.02 Å². The molecule has 29 heavy (non-hydrogen) atoms. The van der Waals surface area contributed by atoms with E-state index in [9.17, 15) is 9.00 Å². The summed E-state index contributed by atoms with van der Waals surface area (Å²) in [5.41, 5.74) is 3.36. The van der Waals surface area contributed by atoms with E-state index in [0.29, 0.717) is 37.7 Å². The molecule has 0 bridgehead atoms. The highest BCUT2D eigenvalue weighted by molar-refractivity contribution is 7.84. The number of nitrogens with zero attached hydrogens (tertiary/aromatic N) is 1. The van der Waals surface area contributed by atoms with Gasteiger partial charge in [0.2, 0.25) is 5.91 Å². The predicted molar refractivity (Wildman–Crippen MR) is 115 cm³/mol. The number of rotatable bonds is 7. The Labute approximate surface area is 180 Å². The maximum absolute atomic E-state index is 12.1. The van der Waals surface area contributed by atoms with Crippen LogP contribution in [0, 0.1) is 0 Å². The number of carbonyl (C=O) groups is 1. The van der Waals surface area contributed by atoms with E-state index >= 15 is 0 Å². The standard InChI is InChI=1S/C21H31ClN2O4S/c1-14(25)24-12-16-9-17(22)10-18(19(16)13-24)15(11-21(2,3)29(23)26)5-6-20-27-7-4-8-28-20/h9-10,15,20H,4-8,11-13,23H2,1-3H3/t15-,29?/m0/s1. The number of carbonyl (C=O) groups excluding carboxylic acids is 1. The lowest BCUT2D eigenvalue weighted by Gasteiger charge is -2.31. The Balaban J connectivity index is 1.89. The van der Waals surface area contributed by atoms with Crippen molar-refractivity contribution in [2.45, 2.75) is 76.5 Å². The van der Waals surface area contributed by atoms with Crippen LogP contribution in [0.3, 0.4) is 0 Å². The van der Waals surface area contributed by atoms with E-state index in [1.165, 1.54) is 0 Å². The quantitative estimate of drug-likeness (QED) is 0.699. The summed E-state index contributed by atoms with van der Waals surface area (Å²) in [4.78, 5) is 13.8. The Morgan fingerprint density at radius 3 is 2.66 bits per heavy atom. The summed E-state index contributed by atoms with van der Waals surface area (Å²) in [5.74, 6) is 0.137. The van der Waals surface area contributed by atoms with Gasteiger partial charge in [0.25, 0.3) is 0 Å². The zero-order valence-electron chi connectivity index (χ0n) is 17.4. The first-order valence-electron chi connectivity index (χ1n) is 10.1. The molecule has 1 aromatic carbocycles. The van der Waals surface area contributed by atoms with E-state index < -0.39 is 15.7 Å². The summed E-state index contributed by atoms with van der Waals surface area (Å²) < 4.78 is 23.0. The average Bonchev–Trinajstić information content (AvgIpc) is 3.09. The second kappa shape index (κ2) is 9.43. The molecule has 2 N–H and O–H groups in total. The summed E-state index contributed by atoms with van der Waals surface area (Å²) >= 11 is 6.45. The molecule has 0 aliphatic carbocycles. The van der Waals surface area contributed by atoms with Gasteiger partial charge in [0.05, 0.1) is 28.9 Å². The van der Waals surface area contributed by atoms with Crippen molar-refractivity contribution in [2.75, 3.05) is 13.2 Å². The molecule has 3 rings (SSSR count).